The van der Waals surface area contributed by atoms with Crippen LogP contribution in [0.2, 0.25) is 0 Å². The topological polar surface area (TPSA) is 67.2 Å². The number of carbonyl (C=O) groups is 1. The number of hydrogen-bond donors (Lipinski definition) is 3. The molecule has 0 radical (unpaired) electrons. The van der Waals surface area contributed by atoms with Crippen LogP contribution in [-0.2, 0) is 0 Å². The van der Waals surface area contributed by atoms with Crippen LogP contribution in [0.5, 0.6) is 0 Å². The summed E-state index contributed by atoms with van der Waals surface area (Å²) >= 11 is 0. The molecule has 0 rings (SSSR count). The number of hydrogen-bond acceptors (Lipinski definition) is 2. The van der Waals surface area contributed by atoms with E-state index in [0.717, 1.165) is 25.8 Å². The van der Waals surface area contributed by atoms with Crippen LogP contribution in [0.25, 0.3) is 0 Å². The Morgan fingerprint density at radius 1 is 1.46 bits per heavy atom. The van der Waals surface area contributed by atoms with E-state index in [0.29, 0.717) is 6.54 Å². The van der Waals surface area contributed by atoms with Gasteiger partial charge in [0.05, 0.1) is 0 Å². The minimum atomic E-state index is -0.0813. The lowest BCUT2D eigenvalue weighted by Gasteiger charge is -2.16. The Balaban J connectivity index is 3.60. The van der Waals surface area contributed by atoms with Gasteiger partial charge in [0, 0.05) is 12.6 Å². The lowest BCUT2D eigenvalue weighted by Crippen LogP contribution is -2.42. The zero-order valence-corrected chi connectivity index (χ0v) is 8.60. The summed E-state index contributed by atoms with van der Waals surface area (Å²) in [6, 6.07) is 0.129. The van der Waals surface area contributed by atoms with Crippen LogP contribution in [0.4, 0.5) is 4.79 Å². The van der Waals surface area contributed by atoms with Gasteiger partial charge in [0.25, 0.3) is 0 Å². The van der Waals surface area contributed by atoms with Crippen molar-refractivity contribution in [1.29, 1.82) is 0 Å². The average Bonchev–Trinajstić information content (AvgIpc) is 2.14. The molecule has 0 aromatic heterocycles. The summed E-state index contributed by atoms with van der Waals surface area (Å²) in [5.74, 6) is 0. The summed E-state index contributed by atoms with van der Waals surface area (Å²) in [5.41, 5.74) is 5.41. The summed E-state index contributed by atoms with van der Waals surface area (Å²) < 4.78 is 0. The Labute approximate surface area is 80.3 Å². The molecule has 1 unspecified atom stereocenters. The molecule has 0 fully saturated rings. The molecule has 0 aromatic rings. The third-order valence-electron chi connectivity index (χ3n) is 1.88. The van der Waals surface area contributed by atoms with Gasteiger partial charge in [0.2, 0.25) is 0 Å². The van der Waals surface area contributed by atoms with Gasteiger partial charge in [-0.25, -0.2) is 4.79 Å². The van der Waals surface area contributed by atoms with Crippen molar-refractivity contribution in [2.24, 2.45) is 5.73 Å². The van der Waals surface area contributed by atoms with Crippen LogP contribution in [0, 0.1) is 0 Å². The predicted molar refractivity (Wildman–Crippen MR) is 54.6 cm³/mol. The Bertz CT molecular complexity index is 139. The fourth-order valence-corrected chi connectivity index (χ4v) is 1.05. The van der Waals surface area contributed by atoms with Gasteiger partial charge in [-0.05, 0) is 25.8 Å². The Hall–Kier alpha value is -0.770. The van der Waals surface area contributed by atoms with Crippen LogP contribution < -0.4 is 16.4 Å². The van der Waals surface area contributed by atoms with Crippen molar-refractivity contribution < 1.29 is 4.79 Å². The fourth-order valence-electron chi connectivity index (χ4n) is 1.05. The van der Waals surface area contributed by atoms with E-state index in [2.05, 4.69) is 10.6 Å². The second kappa shape index (κ2) is 7.86. The molecule has 0 aliphatic carbocycles. The maximum Gasteiger partial charge on any atom is 0.315 e. The Morgan fingerprint density at radius 2 is 2.15 bits per heavy atom. The van der Waals surface area contributed by atoms with E-state index < -0.39 is 0 Å². The quantitative estimate of drug-likeness (QED) is 0.576. The molecule has 4 nitrogen and oxygen atoms in total. The number of urea groups is 1. The molecule has 13 heavy (non-hydrogen) atoms. The first-order valence-corrected chi connectivity index (χ1v) is 4.99. The standard InChI is InChI=1S/C9H21N3O/c1-3-7-11-9(13)12-8(4-2)5-6-10/h8H,3-7,10H2,1-2H3,(H2,11,12,13). The van der Waals surface area contributed by atoms with E-state index in [4.69, 9.17) is 5.73 Å². The highest BCUT2D eigenvalue weighted by molar-refractivity contribution is 5.74. The Kier molecular flexibility index (Phi) is 7.39. The SMILES string of the molecule is CCCNC(=O)NC(CC)CCN. The van der Waals surface area contributed by atoms with Gasteiger partial charge in [-0.1, -0.05) is 13.8 Å². The van der Waals surface area contributed by atoms with Crippen LogP contribution in [0.1, 0.15) is 33.1 Å². The molecule has 0 saturated heterocycles. The smallest absolute Gasteiger partial charge is 0.315 e. The van der Waals surface area contributed by atoms with Gasteiger partial charge in [-0.3, -0.25) is 0 Å². The number of rotatable bonds is 6. The summed E-state index contributed by atoms with van der Waals surface area (Å²) in [7, 11) is 0. The van der Waals surface area contributed by atoms with Crippen LogP contribution >= 0.6 is 0 Å². The molecule has 0 aromatic carbocycles. The molecule has 4 heteroatoms. The minimum Gasteiger partial charge on any atom is -0.338 e. The summed E-state index contributed by atoms with van der Waals surface area (Å²) in [5, 5.41) is 5.64. The normalized spacial score (nSPS) is 12.2. The van der Waals surface area contributed by atoms with Crippen molar-refractivity contribution in [2.45, 2.75) is 39.2 Å². The Morgan fingerprint density at radius 3 is 2.62 bits per heavy atom. The van der Waals surface area contributed by atoms with Crippen LogP contribution in [-0.4, -0.2) is 25.2 Å². The predicted octanol–water partition coefficient (Wildman–Crippen LogP) is 0.823. The molecule has 2 amide bonds. The van der Waals surface area contributed by atoms with Gasteiger partial charge in [0.1, 0.15) is 0 Å². The average molecular weight is 187 g/mol. The van der Waals surface area contributed by atoms with Crippen molar-refractivity contribution in [3.8, 4) is 0 Å². The van der Waals surface area contributed by atoms with Crippen LogP contribution in [0.15, 0.2) is 0 Å². The maximum atomic E-state index is 11.2. The van der Waals surface area contributed by atoms with Gasteiger partial charge in [0.15, 0.2) is 0 Å². The molecule has 0 aliphatic heterocycles. The maximum absolute atomic E-state index is 11.2. The van der Waals surface area contributed by atoms with Gasteiger partial charge < -0.3 is 16.4 Å². The van der Waals surface area contributed by atoms with E-state index in [9.17, 15) is 4.79 Å². The molecule has 0 heterocycles. The molecule has 0 bridgehead atoms. The first-order valence-electron chi connectivity index (χ1n) is 4.99. The van der Waals surface area contributed by atoms with E-state index in [1.807, 2.05) is 13.8 Å². The highest BCUT2D eigenvalue weighted by Gasteiger charge is 2.07. The molecule has 1 atom stereocenters. The molecule has 0 saturated carbocycles. The van der Waals surface area contributed by atoms with E-state index in [1.165, 1.54) is 0 Å². The lowest BCUT2D eigenvalue weighted by molar-refractivity contribution is 0.236. The summed E-state index contributed by atoms with van der Waals surface area (Å²) in [6.07, 6.45) is 2.73. The molecular weight excluding hydrogens is 166 g/mol. The van der Waals surface area contributed by atoms with Crippen molar-refractivity contribution >= 4 is 6.03 Å². The van der Waals surface area contributed by atoms with E-state index >= 15 is 0 Å². The highest BCUT2D eigenvalue weighted by atomic mass is 16.2. The second-order valence-corrected chi connectivity index (χ2v) is 3.08. The van der Waals surface area contributed by atoms with E-state index in [-0.39, 0.29) is 12.1 Å². The molecule has 0 aliphatic rings. The molecular formula is C9H21N3O. The first-order chi connectivity index (χ1) is 6.24. The third kappa shape index (κ3) is 6.40. The fraction of sp³-hybridized carbons (Fsp3) is 0.889. The minimum absolute atomic E-state index is 0.0813. The molecule has 78 valence electrons. The summed E-state index contributed by atoms with van der Waals surface area (Å²) in [4.78, 5) is 11.2. The largest absolute Gasteiger partial charge is 0.338 e. The summed E-state index contributed by atoms with van der Waals surface area (Å²) in [6.45, 7) is 5.41. The van der Waals surface area contributed by atoms with Gasteiger partial charge in [-0.2, -0.15) is 0 Å². The zero-order valence-electron chi connectivity index (χ0n) is 8.60. The second-order valence-electron chi connectivity index (χ2n) is 3.08. The van der Waals surface area contributed by atoms with Crippen molar-refractivity contribution in [3.05, 3.63) is 0 Å². The number of nitrogens with two attached hydrogens (primary N) is 1. The highest BCUT2D eigenvalue weighted by Crippen LogP contribution is 1.94. The van der Waals surface area contributed by atoms with Crippen molar-refractivity contribution in [3.63, 3.8) is 0 Å². The lowest BCUT2D eigenvalue weighted by atomic mass is 10.1. The van der Waals surface area contributed by atoms with Gasteiger partial charge in [-0.15, -0.1) is 0 Å². The number of carbonyl (C=O) groups excluding carboxylic acids is 1. The third-order valence-corrected chi connectivity index (χ3v) is 1.88. The zero-order chi connectivity index (χ0) is 10.1. The van der Waals surface area contributed by atoms with Gasteiger partial charge >= 0.3 is 6.03 Å². The van der Waals surface area contributed by atoms with E-state index in [1.54, 1.807) is 0 Å². The molecule has 0 spiro atoms. The molecule has 4 N–H and O–H groups in total. The first kappa shape index (κ1) is 12.2. The van der Waals surface area contributed by atoms with Crippen LogP contribution in [0.3, 0.4) is 0 Å². The number of amides is 2. The van der Waals surface area contributed by atoms with Crippen molar-refractivity contribution in [1.82, 2.24) is 10.6 Å². The number of nitrogens with one attached hydrogen (secondary N) is 2. The monoisotopic (exact) mass is 187 g/mol. The van der Waals surface area contributed by atoms with Crippen molar-refractivity contribution in [2.75, 3.05) is 13.1 Å².